The van der Waals surface area contributed by atoms with Crippen LogP contribution in [0.2, 0.25) is 0 Å². The molecule has 0 saturated heterocycles. The first-order chi connectivity index (χ1) is 10.0. The maximum atomic E-state index is 4.41. The summed E-state index contributed by atoms with van der Waals surface area (Å²) in [5.41, 5.74) is 0. The smallest absolute Gasteiger partial charge is 0.258 e. The van der Waals surface area contributed by atoms with Crippen LogP contribution < -0.4 is 10.2 Å². The second-order valence-electron chi connectivity index (χ2n) is 4.78. The minimum atomic E-state index is 0.285. The highest BCUT2D eigenvalue weighted by Crippen LogP contribution is 2.14. The van der Waals surface area contributed by atoms with Crippen LogP contribution in [0, 0.1) is 0 Å². The van der Waals surface area contributed by atoms with Crippen molar-refractivity contribution in [2.75, 3.05) is 30.6 Å². The van der Waals surface area contributed by atoms with Crippen molar-refractivity contribution in [3.8, 4) is 5.95 Å². The van der Waals surface area contributed by atoms with Gasteiger partial charge in [0, 0.05) is 20.1 Å². The van der Waals surface area contributed by atoms with Crippen molar-refractivity contribution in [3.63, 3.8) is 0 Å². The molecule has 0 aliphatic carbocycles. The minimum absolute atomic E-state index is 0.285. The third-order valence-corrected chi connectivity index (χ3v) is 3.41. The molecule has 2 rings (SSSR count). The molecule has 0 spiro atoms. The third kappa shape index (κ3) is 3.81. The Morgan fingerprint density at radius 3 is 2.67 bits per heavy atom. The fraction of sp³-hybridized carbons (Fsp3) is 0.583. The van der Waals surface area contributed by atoms with Crippen LogP contribution in [0.1, 0.15) is 20.3 Å². The molecule has 0 amide bonds. The van der Waals surface area contributed by atoms with E-state index < -0.39 is 0 Å². The quantitative estimate of drug-likeness (QED) is 0.803. The number of nitrogens with one attached hydrogen (secondary N) is 1. The van der Waals surface area contributed by atoms with Gasteiger partial charge >= 0.3 is 0 Å². The van der Waals surface area contributed by atoms with Crippen molar-refractivity contribution in [2.45, 2.75) is 31.5 Å². The van der Waals surface area contributed by atoms with E-state index in [2.05, 4.69) is 44.2 Å². The van der Waals surface area contributed by atoms with Crippen LogP contribution in [0.25, 0.3) is 5.95 Å². The van der Waals surface area contributed by atoms with Gasteiger partial charge in [-0.25, -0.2) is 4.98 Å². The van der Waals surface area contributed by atoms with Crippen molar-refractivity contribution in [1.29, 1.82) is 0 Å². The van der Waals surface area contributed by atoms with Gasteiger partial charge in [0.1, 0.15) is 6.33 Å². The average Bonchev–Trinajstić information content (AvgIpc) is 2.95. The van der Waals surface area contributed by atoms with Gasteiger partial charge in [0.2, 0.25) is 17.1 Å². The van der Waals surface area contributed by atoms with E-state index in [-0.39, 0.29) is 6.04 Å². The molecule has 0 unspecified atom stereocenters. The molecule has 0 aliphatic rings. The second-order valence-corrected chi connectivity index (χ2v) is 5.56. The molecule has 2 aromatic rings. The molecular weight excluding hydrogens is 288 g/mol. The Morgan fingerprint density at radius 1 is 1.33 bits per heavy atom. The second kappa shape index (κ2) is 6.70. The lowest BCUT2D eigenvalue weighted by molar-refractivity contribution is 0.732. The van der Waals surface area contributed by atoms with Crippen LogP contribution in [-0.2, 0) is 0 Å². The zero-order valence-electron chi connectivity index (χ0n) is 12.9. The van der Waals surface area contributed by atoms with Crippen LogP contribution in [0.4, 0.5) is 11.9 Å². The van der Waals surface area contributed by atoms with Crippen molar-refractivity contribution < 1.29 is 0 Å². The standard InChI is InChI=1S/C12H20N8S/c1-6-8(2)14-9-15-10(19(3)4)17-11(16-9)20-7-13-12(18-20)21-5/h7-8H,6H2,1-5H3,(H,14,15,16,17)/t8-/m1/s1. The first kappa shape index (κ1) is 15.5. The predicted molar refractivity (Wildman–Crippen MR) is 84.2 cm³/mol. The fourth-order valence-corrected chi connectivity index (χ4v) is 1.80. The van der Waals surface area contributed by atoms with Gasteiger partial charge in [-0.1, -0.05) is 18.7 Å². The molecule has 114 valence electrons. The van der Waals surface area contributed by atoms with Gasteiger partial charge in [0.25, 0.3) is 5.95 Å². The summed E-state index contributed by atoms with van der Waals surface area (Å²) in [7, 11) is 3.78. The lowest BCUT2D eigenvalue weighted by atomic mass is 10.3. The predicted octanol–water partition coefficient (Wildman–Crippen LogP) is 1.45. The Balaban J connectivity index is 2.39. The Hall–Kier alpha value is -1.90. The van der Waals surface area contributed by atoms with E-state index in [0.29, 0.717) is 23.0 Å². The highest BCUT2D eigenvalue weighted by molar-refractivity contribution is 7.98. The molecule has 1 atom stereocenters. The molecule has 21 heavy (non-hydrogen) atoms. The zero-order chi connectivity index (χ0) is 15.4. The van der Waals surface area contributed by atoms with Gasteiger partial charge in [-0.15, -0.1) is 5.10 Å². The highest BCUT2D eigenvalue weighted by Gasteiger charge is 2.12. The molecule has 2 aromatic heterocycles. The summed E-state index contributed by atoms with van der Waals surface area (Å²) in [6.07, 6.45) is 4.51. The average molecular weight is 308 g/mol. The first-order valence-electron chi connectivity index (χ1n) is 6.69. The largest absolute Gasteiger partial charge is 0.352 e. The molecule has 2 heterocycles. The molecule has 0 saturated carbocycles. The summed E-state index contributed by atoms with van der Waals surface area (Å²) in [5.74, 6) is 1.57. The lowest BCUT2D eigenvalue weighted by Gasteiger charge is -2.15. The van der Waals surface area contributed by atoms with Gasteiger partial charge in [-0.05, 0) is 19.6 Å². The summed E-state index contributed by atoms with van der Waals surface area (Å²) in [4.78, 5) is 19.2. The van der Waals surface area contributed by atoms with Crippen LogP contribution in [0.3, 0.4) is 0 Å². The SMILES string of the molecule is CC[C@@H](C)Nc1nc(N(C)C)nc(-n2cnc(SC)n2)n1. The summed E-state index contributed by atoms with van der Waals surface area (Å²) >= 11 is 1.47. The van der Waals surface area contributed by atoms with E-state index in [1.807, 2.05) is 25.3 Å². The van der Waals surface area contributed by atoms with Crippen LogP contribution >= 0.6 is 11.8 Å². The Labute approximate surface area is 128 Å². The molecule has 0 aliphatic heterocycles. The van der Waals surface area contributed by atoms with Gasteiger partial charge in [-0.2, -0.15) is 19.6 Å². The minimum Gasteiger partial charge on any atom is -0.352 e. The van der Waals surface area contributed by atoms with Crippen LogP contribution in [-0.4, -0.2) is 56.1 Å². The van der Waals surface area contributed by atoms with Gasteiger partial charge in [0.15, 0.2) is 0 Å². The molecule has 0 fully saturated rings. The van der Waals surface area contributed by atoms with Crippen LogP contribution in [0.5, 0.6) is 0 Å². The van der Waals surface area contributed by atoms with Crippen molar-refractivity contribution in [1.82, 2.24) is 29.7 Å². The summed E-state index contributed by atoms with van der Waals surface area (Å²) in [6.45, 7) is 4.19. The number of nitrogens with zero attached hydrogens (tertiary/aromatic N) is 7. The first-order valence-corrected chi connectivity index (χ1v) is 7.92. The zero-order valence-corrected chi connectivity index (χ0v) is 13.7. The molecule has 9 heteroatoms. The Bertz CT molecular complexity index is 597. The number of aromatic nitrogens is 6. The molecular formula is C12H20N8S. The van der Waals surface area contributed by atoms with E-state index in [4.69, 9.17) is 0 Å². The number of hydrogen-bond donors (Lipinski definition) is 1. The van der Waals surface area contributed by atoms with Crippen molar-refractivity contribution in [3.05, 3.63) is 6.33 Å². The van der Waals surface area contributed by atoms with Gasteiger partial charge < -0.3 is 10.2 Å². The van der Waals surface area contributed by atoms with E-state index in [1.165, 1.54) is 11.8 Å². The molecule has 0 radical (unpaired) electrons. The molecule has 0 aromatic carbocycles. The Kier molecular flexibility index (Phi) is 4.94. The summed E-state index contributed by atoms with van der Waals surface area (Å²) in [6, 6.07) is 0.285. The lowest BCUT2D eigenvalue weighted by Crippen LogP contribution is -2.21. The normalized spacial score (nSPS) is 12.2. The Morgan fingerprint density at radius 2 is 2.10 bits per heavy atom. The number of rotatable bonds is 6. The number of hydrogen-bond acceptors (Lipinski definition) is 8. The maximum Gasteiger partial charge on any atom is 0.258 e. The topological polar surface area (TPSA) is 84.7 Å². The molecule has 1 N–H and O–H groups in total. The fourth-order valence-electron chi connectivity index (χ4n) is 1.48. The van der Waals surface area contributed by atoms with Gasteiger partial charge in [-0.3, -0.25) is 0 Å². The number of anilines is 2. The maximum absolute atomic E-state index is 4.41. The van der Waals surface area contributed by atoms with E-state index in [9.17, 15) is 0 Å². The van der Waals surface area contributed by atoms with Crippen LogP contribution in [0.15, 0.2) is 11.5 Å². The van der Waals surface area contributed by atoms with E-state index >= 15 is 0 Å². The van der Waals surface area contributed by atoms with E-state index in [0.717, 1.165) is 6.42 Å². The summed E-state index contributed by atoms with van der Waals surface area (Å²) < 4.78 is 1.56. The molecule has 8 nitrogen and oxygen atoms in total. The van der Waals surface area contributed by atoms with Gasteiger partial charge in [0.05, 0.1) is 0 Å². The van der Waals surface area contributed by atoms with Crippen molar-refractivity contribution in [2.24, 2.45) is 0 Å². The summed E-state index contributed by atoms with van der Waals surface area (Å²) in [5, 5.41) is 8.25. The van der Waals surface area contributed by atoms with E-state index in [1.54, 1.807) is 11.0 Å². The molecule has 0 bridgehead atoms. The highest BCUT2D eigenvalue weighted by atomic mass is 32.2. The monoisotopic (exact) mass is 308 g/mol. The third-order valence-electron chi connectivity index (χ3n) is 2.86. The van der Waals surface area contributed by atoms with Crippen molar-refractivity contribution >= 4 is 23.7 Å². The number of thioether (sulfide) groups is 1.